The molecule has 4 aromatic rings. The summed E-state index contributed by atoms with van der Waals surface area (Å²) in [4.78, 5) is 17.7. The van der Waals surface area contributed by atoms with Gasteiger partial charge in [-0.05, 0) is 42.0 Å². The molecule has 1 amide bonds. The second kappa shape index (κ2) is 7.59. The molecule has 1 unspecified atom stereocenters. The van der Waals surface area contributed by atoms with Crippen LogP contribution in [0.15, 0.2) is 60.9 Å². The standard InChI is InChI=1S/C20H21N7O/c1-14(2)27-17-11-7-6-10-16(17)23-18(27)12-21-20(28)19(26-13-22-24-25-26)15-8-4-3-5-9-15/h3-11,13-14,19H,12H2,1-2H3,(H,21,28). The zero-order chi connectivity index (χ0) is 19.5. The van der Waals surface area contributed by atoms with E-state index in [1.807, 2.05) is 54.6 Å². The van der Waals surface area contributed by atoms with Gasteiger partial charge in [0.15, 0.2) is 6.04 Å². The van der Waals surface area contributed by atoms with E-state index in [9.17, 15) is 4.79 Å². The van der Waals surface area contributed by atoms with Crippen molar-refractivity contribution in [1.29, 1.82) is 0 Å². The summed E-state index contributed by atoms with van der Waals surface area (Å²) in [6.45, 7) is 4.53. The molecule has 1 atom stereocenters. The molecule has 2 aromatic carbocycles. The zero-order valence-corrected chi connectivity index (χ0v) is 15.7. The van der Waals surface area contributed by atoms with Crippen LogP contribution in [0.5, 0.6) is 0 Å². The summed E-state index contributed by atoms with van der Waals surface area (Å²) in [5, 5.41) is 14.3. The predicted octanol–water partition coefficient (Wildman–Crippen LogP) is 2.51. The lowest BCUT2D eigenvalue weighted by atomic mass is 10.1. The van der Waals surface area contributed by atoms with Gasteiger partial charge < -0.3 is 9.88 Å². The Kier molecular flexibility index (Phi) is 4.84. The van der Waals surface area contributed by atoms with Crippen molar-refractivity contribution in [3.8, 4) is 0 Å². The topological polar surface area (TPSA) is 90.5 Å². The van der Waals surface area contributed by atoms with Gasteiger partial charge in [-0.1, -0.05) is 42.5 Å². The normalized spacial score (nSPS) is 12.4. The third-order valence-corrected chi connectivity index (χ3v) is 4.60. The van der Waals surface area contributed by atoms with E-state index in [-0.39, 0.29) is 11.9 Å². The molecule has 0 spiro atoms. The van der Waals surface area contributed by atoms with Crippen LogP contribution in [0.25, 0.3) is 11.0 Å². The first-order chi connectivity index (χ1) is 13.6. The summed E-state index contributed by atoms with van der Waals surface area (Å²) >= 11 is 0. The van der Waals surface area contributed by atoms with E-state index < -0.39 is 6.04 Å². The third-order valence-electron chi connectivity index (χ3n) is 4.60. The second-order valence-corrected chi connectivity index (χ2v) is 6.80. The number of tetrazole rings is 1. The summed E-state index contributed by atoms with van der Waals surface area (Å²) in [7, 11) is 0. The highest BCUT2D eigenvalue weighted by molar-refractivity contribution is 5.83. The monoisotopic (exact) mass is 375 g/mol. The summed E-state index contributed by atoms with van der Waals surface area (Å²) in [6.07, 6.45) is 1.45. The van der Waals surface area contributed by atoms with Gasteiger partial charge in [0.2, 0.25) is 5.91 Å². The van der Waals surface area contributed by atoms with Gasteiger partial charge in [0.1, 0.15) is 12.2 Å². The predicted molar refractivity (Wildman–Crippen MR) is 104 cm³/mol. The molecular weight excluding hydrogens is 354 g/mol. The smallest absolute Gasteiger partial charge is 0.249 e. The van der Waals surface area contributed by atoms with E-state index in [1.165, 1.54) is 11.0 Å². The molecular formula is C20H21N7O. The molecule has 28 heavy (non-hydrogen) atoms. The quantitative estimate of drug-likeness (QED) is 0.559. The van der Waals surface area contributed by atoms with Gasteiger partial charge >= 0.3 is 0 Å². The van der Waals surface area contributed by atoms with E-state index in [0.717, 1.165) is 22.4 Å². The Labute approximate surface area is 162 Å². The third kappa shape index (κ3) is 3.36. The second-order valence-electron chi connectivity index (χ2n) is 6.80. The molecule has 2 heterocycles. The average Bonchev–Trinajstić information content (AvgIpc) is 3.35. The van der Waals surface area contributed by atoms with Gasteiger partial charge in [-0.2, -0.15) is 0 Å². The van der Waals surface area contributed by atoms with E-state index >= 15 is 0 Å². The minimum atomic E-state index is -0.645. The number of hydrogen-bond acceptors (Lipinski definition) is 5. The molecule has 0 aliphatic heterocycles. The van der Waals surface area contributed by atoms with Gasteiger partial charge in [0.05, 0.1) is 17.6 Å². The maximum Gasteiger partial charge on any atom is 0.249 e. The Hall–Kier alpha value is -3.55. The summed E-state index contributed by atoms with van der Waals surface area (Å²) in [6, 6.07) is 17.0. The highest BCUT2D eigenvalue weighted by atomic mass is 16.2. The van der Waals surface area contributed by atoms with Crippen molar-refractivity contribution < 1.29 is 4.79 Å². The Morgan fingerprint density at radius 2 is 1.82 bits per heavy atom. The largest absolute Gasteiger partial charge is 0.347 e. The Morgan fingerprint density at radius 3 is 2.54 bits per heavy atom. The van der Waals surface area contributed by atoms with Gasteiger partial charge in [-0.15, -0.1) is 5.10 Å². The first-order valence-electron chi connectivity index (χ1n) is 9.16. The number of para-hydroxylation sites is 2. The number of amides is 1. The number of carbonyl (C=O) groups excluding carboxylic acids is 1. The molecule has 0 saturated carbocycles. The Morgan fingerprint density at radius 1 is 1.07 bits per heavy atom. The van der Waals surface area contributed by atoms with Crippen LogP contribution >= 0.6 is 0 Å². The van der Waals surface area contributed by atoms with Gasteiger partial charge in [0.25, 0.3) is 0 Å². The molecule has 0 bridgehead atoms. The van der Waals surface area contributed by atoms with Crippen LogP contribution in [0.4, 0.5) is 0 Å². The molecule has 0 radical (unpaired) electrons. The van der Waals surface area contributed by atoms with Crippen LogP contribution in [0.1, 0.15) is 37.3 Å². The molecule has 0 aliphatic carbocycles. The summed E-state index contributed by atoms with van der Waals surface area (Å²) < 4.78 is 3.60. The van der Waals surface area contributed by atoms with Crippen LogP contribution in [0.2, 0.25) is 0 Å². The van der Waals surface area contributed by atoms with Crippen molar-refractivity contribution in [2.24, 2.45) is 0 Å². The molecule has 0 saturated heterocycles. The van der Waals surface area contributed by atoms with Crippen LogP contribution in [0, 0.1) is 0 Å². The van der Waals surface area contributed by atoms with E-state index in [2.05, 4.69) is 39.3 Å². The van der Waals surface area contributed by atoms with E-state index in [1.54, 1.807) is 0 Å². The van der Waals surface area contributed by atoms with Crippen LogP contribution < -0.4 is 5.32 Å². The van der Waals surface area contributed by atoms with Crippen molar-refractivity contribution in [3.63, 3.8) is 0 Å². The fraction of sp³-hybridized carbons (Fsp3) is 0.250. The number of hydrogen-bond donors (Lipinski definition) is 1. The number of rotatable bonds is 6. The lowest BCUT2D eigenvalue weighted by Gasteiger charge is -2.18. The van der Waals surface area contributed by atoms with Crippen molar-refractivity contribution in [2.45, 2.75) is 32.5 Å². The number of fused-ring (bicyclic) bond motifs is 1. The average molecular weight is 375 g/mol. The van der Waals surface area contributed by atoms with Crippen molar-refractivity contribution in [1.82, 2.24) is 35.1 Å². The zero-order valence-electron chi connectivity index (χ0n) is 15.7. The lowest BCUT2D eigenvalue weighted by Crippen LogP contribution is -2.34. The molecule has 8 heteroatoms. The van der Waals surface area contributed by atoms with Gasteiger partial charge in [-0.25, -0.2) is 9.67 Å². The van der Waals surface area contributed by atoms with Crippen LogP contribution in [-0.2, 0) is 11.3 Å². The van der Waals surface area contributed by atoms with E-state index in [0.29, 0.717) is 6.54 Å². The van der Waals surface area contributed by atoms with E-state index in [4.69, 9.17) is 4.98 Å². The number of benzene rings is 2. The number of carbonyl (C=O) groups is 1. The maximum atomic E-state index is 13.0. The van der Waals surface area contributed by atoms with Crippen molar-refractivity contribution in [2.75, 3.05) is 0 Å². The van der Waals surface area contributed by atoms with Gasteiger partial charge in [-0.3, -0.25) is 4.79 Å². The molecule has 8 nitrogen and oxygen atoms in total. The van der Waals surface area contributed by atoms with Gasteiger partial charge in [0, 0.05) is 6.04 Å². The fourth-order valence-electron chi connectivity index (χ4n) is 3.40. The minimum Gasteiger partial charge on any atom is -0.347 e. The lowest BCUT2D eigenvalue weighted by molar-refractivity contribution is -0.123. The first-order valence-corrected chi connectivity index (χ1v) is 9.16. The number of aromatic nitrogens is 6. The van der Waals surface area contributed by atoms with Crippen LogP contribution in [-0.4, -0.2) is 35.7 Å². The number of nitrogens with one attached hydrogen (secondary N) is 1. The summed E-state index contributed by atoms with van der Waals surface area (Å²) in [5.41, 5.74) is 2.78. The van der Waals surface area contributed by atoms with Crippen molar-refractivity contribution >= 4 is 16.9 Å². The molecule has 0 aliphatic rings. The number of imidazole rings is 1. The SMILES string of the molecule is CC(C)n1c(CNC(=O)C(c2ccccc2)n2cnnn2)nc2ccccc21. The van der Waals surface area contributed by atoms with Crippen molar-refractivity contribution in [3.05, 3.63) is 72.3 Å². The Balaban J connectivity index is 1.61. The highest BCUT2D eigenvalue weighted by Crippen LogP contribution is 2.21. The minimum absolute atomic E-state index is 0.194. The highest BCUT2D eigenvalue weighted by Gasteiger charge is 2.24. The molecule has 2 aromatic heterocycles. The molecule has 4 rings (SSSR count). The number of nitrogens with zero attached hydrogens (tertiary/aromatic N) is 6. The Bertz CT molecular complexity index is 1070. The first kappa shape index (κ1) is 17.8. The summed E-state index contributed by atoms with van der Waals surface area (Å²) in [5.74, 6) is 0.619. The molecule has 142 valence electrons. The molecule has 0 fully saturated rings. The molecule has 1 N–H and O–H groups in total. The maximum absolute atomic E-state index is 13.0. The van der Waals surface area contributed by atoms with Crippen LogP contribution in [0.3, 0.4) is 0 Å². The fourth-order valence-corrected chi connectivity index (χ4v) is 3.40.